The van der Waals surface area contributed by atoms with Gasteiger partial charge in [0.1, 0.15) is 5.69 Å². The van der Waals surface area contributed by atoms with Crippen LogP contribution in [-0.4, -0.2) is 29.1 Å². The number of aromatic amines is 1. The molecule has 2 saturated heterocycles. The van der Waals surface area contributed by atoms with E-state index in [4.69, 9.17) is 4.74 Å². The van der Waals surface area contributed by atoms with Crippen molar-refractivity contribution in [2.75, 3.05) is 0 Å². The lowest BCUT2D eigenvalue weighted by Crippen LogP contribution is -2.42. The van der Waals surface area contributed by atoms with Gasteiger partial charge < -0.3 is 15.0 Å². The number of hydrogen-bond donors (Lipinski definition) is 2. The van der Waals surface area contributed by atoms with E-state index in [9.17, 15) is 9.59 Å². The number of aromatic nitrogens is 1. The Labute approximate surface area is 98.2 Å². The van der Waals surface area contributed by atoms with Crippen LogP contribution in [0.5, 0.6) is 0 Å². The van der Waals surface area contributed by atoms with Gasteiger partial charge in [-0.2, -0.15) is 0 Å². The molecular formula is C12H14N2O3. The fourth-order valence-corrected chi connectivity index (χ4v) is 2.62. The summed E-state index contributed by atoms with van der Waals surface area (Å²) in [6, 6.07) is 4.65. The largest absolute Gasteiger partial charge is 0.373 e. The van der Waals surface area contributed by atoms with Crippen molar-refractivity contribution in [2.45, 2.75) is 37.5 Å². The Morgan fingerprint density at radius 2 is 2.29 bits per heavy atom. The molecule has 0 radical (unpaired) electrons. The van der Waals surface area contributed by atoms with E-state index in [1.807, 2.05) is 0 Å². The van der Waals surface area contributed by atoms with Crippen LogP contribution in [0.25, 0.3) is 0 Å². The summed E-state index contributed by atoms with van der Waals surface area (Å²) in [5.41, 5.74) is 0.0436. The van der Waals surface area contributed by atoms with Crippen molar-refractivity contribution in [2.24, 2.45) is 0 Å². The number of ether oxygens (including phenoxy) is 1. The zero-order valence-corrected chi connectivity index (χ0v) is 9.31. The molecule has 2 aliphatic heterocycles. The Kier molecular flexibility index (Phi) is 2.48. The van der Waals surface area contributed by atoms with E-state index in [2.05, 4.69) is 10.3 Å². The van der Waals surface area contributed by atoms with Crippen LogP contribution < -0.4 is 10.9 Å². The van der Waals surface area contributed by atoms with Crippen LogP contribution in [-0.2, 0) is 4.74 Å². The molecule has 1 aromatic heterocycles. The Hall–Kier alpha value is -1.62. The summed E-state index contributed by atoms with van der Waals surface area (Å²) in [4.78, 5) is 25.5. The van der Waals surface area contributed by atoms with Crippen LogP contribution in [0.3, 0.4) is 0 Å². The maximum atomic E-state index is 11.9. The maximum absolute atomic E-state index is 11.9. The van der Waals surface area contributed by atoms with Gasteiger partial charge in [0.2, 0.25) is 5.56 Å². The molecule has 1 amide bonds. The normalized spacial score (nSPS) is 30.5. The molecule has 5 nitrogen and oxygen atoms in total. The predicted molar refractivity (Wildman–Crippen MR) is 60.8 cm³/mol. The minimum absolute atomic E-state index is 0.0879. The predicted octanol–water partition coefficient (Wildman–Crippen LogP) is 0.425. The highest BCUT2D eigenvalue weighted by Crippen LogP contribution is 2.34. The number of amides is 1. The van der Waals surface area contributed by atoms with Crippen LogP contribution in [0.1, 0.15) is 29.8 Å². The molecule has 3 rings (SSSR count). The topological polar surface area (TPSA) is 71.2 Å². The highest BCUT2D eigenvalue weighted by Gasteiger charge is 2.41. The summed E-state index contributed by atoms with van der Waals surface area (Å²) in [6.45, 7) is 0. The third-order valence-corrected chi connectivity index (χ3v) is 3.44. The molecule has 0 saturated carbocycles. The summed E-state index contributed by atoms with van der Waals surface area (Å²) in [5.74, 6) is -0.233. The molecule has 3 heterocycles. The number of rotatable bonds is 2. The number of H-pyrrole nitrogens is 1. The zero-order valence-electron chi connectivity index (χ0n) is 9.31. The van der Waals surface area contributed by atoms with Gasteiger partial charge in [-0.3, -0.25) is 9.59 Å². The standard InChI is InChI=1S/C12H14N2O3/c15-11-3-1-2-8(13-11)12(16)14-9-6-7-4-5-10(9)17-7/h1-3,7,9-10H,4-6H2,(H,13,15)(H,14,16). The highest BCUT2D eigenvalue weighted by atomic mass is 16.5. The van der Waals surface area contributed by atoms with Gasteiger partial charge in [-0.05, 0) is 25.3 Å². The molecule has 2 aliphatic rings. The van der Waals surface area contributed by atoms with Gasteiger partial charge in [-0.15, -0.1) is 0 Å². The number of carbonyl (C=O) groups is 1. The fraction of sp³-hybridized carbons (Fsp3) is 0.500. The second-order valence-electron chi connectivity index (χ2n) is 4.62. The number of nitrogens with one attached hydrogen (secondary N) is 2. The SMILES string of the molecule is O=C(NC1CC2CCC1O2)c1cccc(=O)[nH]1. The van der Waals surface area contributed by atoms with Gasteiger partial charge in [0.15, 0.2) is 0 Å². The fourth-order valence-electron chi connectivity index (χ4n) is 2.62. The van der Waals surface area contributed by atoms with E-state index in [1.165, 1.54) is 6.07 Å². The van der Waals surface area contributed by atoms with Crippen molar-refractivity contribution < 1.29 is 9.53 Å². The van der Waals surface area contributed by atoms with Gasteiger partial charge in [0, 0.05) is 6.07 Å². The minimum atomic E-state index is -0.262. The maximum Gasteiger partial charge on any atom is 0.268 e. The lowest BCUT2D eigenvalue weighted by Gasteiger charge is -2.19. The third kappa shape index (κ3) is 1.98. The molecule has 0 aromatic carbocycles. The van der Waals surface area contributed by atoms with E-state index >= 15 is 0 Å². The number of fused-ring (bicyclic) bond motifs is 2. The summed E-state index contributed by atoms with van der Waals surface area (Å²) >= 11 is 0. The van der Waals surface area contributed by atoms with Crippen molar-refractivity contribution in [3.05, 3.63) is 34.2 Å². The molecule has 2 fully saturated rings. The molecule has 2 N–H and O–H groups in total. The Morgan fingerprint density at radius 3 is 2.94 bits per heavy atom. The van der Waals surface area contributed by atoms with Gasteiger partial charge >= 0.3 is 0 Å². The first-order chi connectivity index (χ1) is 8.22. The quantitative estimate of drug-likeness (QED) is 0.779. The Bertz CT molecular complexity index is 497. The smallest absolute Gasteiger partial charge is 0.268 e. The number of carbonyl (C=O) groups excluding carboxylic acids is 1. The van der Waals surface area contributed by atoms with Crippen molar-refractivity contribution in [1.29, 1.82) is 0 Å². The summed E-state index contributed by atoms with van der Waals surface area (Å²) < 4.78 is 5.66. The first kappa shape index (κ1) is 10.5. The van der Waals surface area contributed by atoms with Crippen LogP contribution in [0.15, 0.2) is 23.0 Å². The van der Waals surface area contributed by atoms with Gasteiger partial charge in [-0.1, -0.05) is 6.07 Å². The molecule has 0 spiro atoms. The third-order valence-electron chi connectivity index (χ3n) is 3.44. The molecule has 1 aromatic rings. The summed E-state index contributed by atoms with van der Waals surface area (Å²) in [5, 5.41) is 2.92. The first-order valence-electron chi connectivity index (χ1n) is 5.88. The number of hydrogen-bond acceptors (Lipinski definition) is 3. The number of pyridine rings is 1. The second-order valence-corrected chi connectivity index (χ2v) is 4.62. The van der Waals surface area contributed by atoms with Crippen molar-refractivity contribution >= 4 is 5.91 Å². The summed E-state index contributed by atoms with van der Waals surface area (Å²) in [7, 11) is 0. The van der Waals surface area contributed by atoms with Crippen molar-refractivity contribution in [3.8, 4) is 0 Å². The van der Waals surface area contributed by atoms with Crippen molar-refractivity contribution in [1.82, 2.24) is 10.3 Å². The van der Waals surface area contributed by atoms with Crippen molar-refractivity contribution in [3.63, 3.8) is 0 Å². The van der Waals surface area contributed by atoms with Gasteiger partial charge in [-0.25, -0.2) is 0 Å². The molecular weight excluding hydrogens is 220 g/mol. The first-order valence-corrected chi connectivity index (χ1v) is 5.88. The molecule has 90 valence electrons. The van der Waals surface area contributed by atoms with Crippen LogP contribution in [0.2, 0.25) is 0 Å². The highest BCUT2D eigenvalue weighted by molar-refractivity contribution is 5.92. The zero-order chi connectivity index (χ0) is 11.8. The average Bonchev–Trinajstić information content (AvgIpc) is 2.91. The molecule has 5 heteroatoms. The van der Waals surface area contributed by atoms with E-state index in [0.29, 0.717) is 11.8 Å². The van der Waals surface area contributed by atoms with Crippen LogP contribution >= 0.6 is 0 Å². The molecule has 3 unspecified atom stereocenters. The van der Waals surface area contributed by atoms with Gasteiger partial charge in [0.25, 0.3) is 5.91 Å². The van der Waals surface area contributed by atoms with E-state index in [1.54, 1.807) is 12.1 Å². The molecule has 17 heavy (non-hydrogen) atoms. The molecule has 3 atom stereocenters. The second kappa shape index (κ2) is 4.00. The van der Waals surface area contributed by atoms with E-state index in [-0.39, 0.29) is 23.6 Å². The van der Waals surface area contributed by atoms with Crippen LogP contribution in [0.4, 0.5) is 0 Å². The lowest BCUT2D eigenvalue weighted by molar-refractivity contribution is 0.0837. The monoisotopic (exact) mass is 234 g/mol. The Balaban J connectivity index is 1.70. The molecule has 0 aliphatic carbocycles. The van der Waals surface area contributed by atoms with E-state index in [0.717, 1.165) is 19.3 Å². The Morgan fingerprint density at radius 1 is 1.41 bits per heavy atom. The lowest BCUT2D eigenvalue weighted by atomic mass is 9.95. The minimum Gasteiger partial charge on any atom is -0.373 e. The van der Waals surface area contributed by atoms with Crippen LogP contribution in [0, 0.1) is 0 Å². The van der Waals surface area contributed by atoms with Gasteiger partial charge in [0.05, 0.1) is 18.2 Å². The van der Waals surface area contributed by atoms with E-state index < -0.39 is 0 Å². The molecule has 2 bridgehead atoms. The average molecular weight is 234 g/mol. The summed E-state index contributed by atoms with van der Waals surface area (Å²) in [6.07, 6.45) is 3.45.